The van der Waals surface area contributed by atoms with Gasteiger partial charge in [-0.05, 0) is 56.7 Å². The number of aromatic nitrogens is 1. The molecule has 154 valence electrons. The summed E-state index contributed by atoms with van der Waals surface area (Å²) in [6.07, 6.45) is 0.668. The Kier molecular flexibility index (Phi) is 6.19. The highest BCUT2D eigenvalue weighted by atomic mass is 32.2. The molecule has 0 unspecified atom stereocenters. The largest absolute Gasteiger partial charge is 0.419 e. The summed E-state index contributed by atoms with van der Waals surface area (Å²) in [5.74, 6) is -0.667. The minimum absolute atomic E-state index is 0.135. The van der Waals surface area contributed by atoms with E-state index in [4.69, 9.17) is 4.42 Å². The molecule has 0 saturated heterocycles. The fraction of sp³-hybridized carbons (Fsp3) is 0.300. The number of para-hydroxylation sites is 2. The number of fused-ring (bicyclic) bond motifs is 1. The number of rotatable bonds is 8. The normalized spacial score (nSPS) is 11.8. The van der Waals surface area contributed by atoms with Crippen molar-refractivity contribution in [3.63, 3.8) is 0 Å². The monoisotopic (exact) mass is 417 g/mol. The Balaban J connectivity index is 1.56. The van der Waals surface area contributed by atoms with Crippen molar-refractivity contribution in [1.29, 1.82) is 0 Å². The van der Waals surface area contributed by atoms with E-state index in [0.29, 0.717) is 29.8 Å². The average Bonchev–Trinajstić information content (AvgIpc) is 2.97. The van der Waals surface area contributed by atoms with Crippen molar-refractivity contribution in [2.24, 2.45) is 0 Å². The lowest BCUT2D eigenvalue weighted by molar-refractivity contribution is -0.116. The predicted molar refractivity (Wildman–Crippen MR) is 110 cm³/mol. The molecule has 0 fully saturated rings. The zero-order chi connectivity index (χ0) is 21.0. The van der Waals surface area contributed by atoms with E-state index in [1.165, 1.54) is 16.7 Å². The number of nitrogens with zero attached hydrogens (tertiary/aromatic N) is 1. The number of amides is 1. The Labute approximate surface area is 168 Å². The van der Waals surface area contributed by atoms with Crippen molar-refractivity contribution in [3.8, 4) is 0 Å². The average molecular weight is 417 g/mol. The van der Waals surface area contributed by atoms with Gasteiger partial charge in [-0.25, -0.2) is 17.9 Å². The van der Waals surface area contributed by atoms with E-state index in [1.54, 1.807) is 44.2 Å². The molecule has 29 heavy (non-hydrogen) atoms. The summed E-state index contributed by atoms with van der Waals surface area (Å²) in [5.41, 5.74) is 1.72. The summed E-state index contributed by atoms with van der Waals surface area (Å²) in [6, 6.07) is 12.9. The lowest BCUT2D eigenvalue weighted by atomic mass is 10.2. The van der Waals surface area contributed by atoms with Gasteiger partial charge in [0.15, 0.2) is 5.58 Å². The van der Waals surface area contributed by atoms with Gasteiger partial charge >= 0.3 is 5.76 Å². The number of hydrogen-bond acceptors (Lipinski definition) is 5. The minimum atomic E-state index is -3.57. The van der Waals surface area contributed by atoms with Crippen LogP contribution in [0, 0.1) is 0 Å². The van der Waals surface area contributed by atoms with Gasteiger partial charge in [0.25, 0.3) is 0 Å². The van der Waals surface area contributed by atoms with Crippen LogP contribution in [0.4, 0.5) is 5.69 Å². The molecule has 3 aromatic rings. The van der Waals surface area contributed by atoms with Gasteiger partial charge in [0, 0.05) is 24.7 Å². The molecule has 0 spiro atoms. The van der Waals surface area contributed by atoms with Crippen LogP contribution in [0.5, 0.6) is 0 Å². The summed E-state index contributed by atoms with van der Waals surface area (Å²) in [4.78, 5) is 24.2. The Morgan fingerprint density at radius 2 is 1.79 bits per heavy atom. The second-order valence-electron chi connectivity index (χ2n) is 6.94. The third-order valence-electron chi connectivity index (χ3n) is 4.20. The first-order valence-electron chi connectivity index (χ1n) is 9.27. The van der Waals surface area contributed by atoms with Crippen LogP contribution in [0.1, 0.15) is 26.7 Å². The molecule has 2 N–H and O–H groups in total. The van der Waals surface area contributed by atoms with Crippen molar-refractivity contribution in [2.45, 2.75) is 44.2 Å². The standard InChI is InChI=1S/C20H23N3O5S/c1-14(2)22-29(26,27)16-11-9-15(10-12-16)21-19(24)8-5-13-23-17-6-3-4-7-18(17)28-20(23)25/h3-4,6-7,9-12,14,22H,5,8,13H2,1-2H3,(H,21,24). The Morgan fingerprint density at radius 1 is 1.10 bits per heavy atom. The highest BCUT2D eigenvalue weighted by Crippen LogP contribution is 2.16. The maximum atomic E-state index is 12.2. The number of benzene rings is 2. The van der Waals surface area contributed by atoms with Crippen LogP contribution in [-0.4, -0.2) is 24.9 Å². The maximum absolute atomic E-state index is 12.2. The number of aryl methyl sites for hydroxylation is 1. The molecule has 1 aromatic heterocycles. The summed E-state index contributed by atoms with van der Waals surface area (Å²) in [6.45, 7) is 3.85. The SMILES string of the molecule is CC(C)NS(=O)(=O)c1ccc(NC(=O)CCCn2c(=O)oc3ccccc32)cc1. The quantitative estimate of drug-likeness (QED) is 0.585. The molecule has 8 nitrogen and oxygen atoms in total. The van der Waals surface area contributed by atoms with Gasteiger partial charge in [-0.15, -0.1) is 0 Å². The van der Waals surface area contributed by atoms with E-state index >= 15 is 0 Å². The van der Waals surface area contributed by atoms with Gasteiger partial charge in [-0.2, -0.15) is 0 Å². The van der Waals surface area contributed by atoms with E-state index in [2.05, 4.69) is 10.0 Å². The molecule has 1 heterocycles. The molecule has 2 aromatic carbocycles. The van der Waals surface area contributed by atoms with Gasteiger partial charge in [-0.3, -0.25) is 9.36 Å². The molecule has 0 atom stereocenters. The van der Waals surface area contributed by atoms with E-state index in [9.17, 15) is 18.0 Å². The smallest absolute Gasteiger partial charge is 0.408 e. The number of nitrogens with one attached hydrogen (secondary N) is 2. The fourth-order valence-corrected chi connectivity index (χ4v) is 4.19. The van der Waals surface area contributed by atoms with Gasteiger partial charge in [0.1, 0.15) is 0 Å². The number of carbonyl (C=O) groups is 1. The van der Waals surface area contributed by atoms with Crippen molar-refractivity contribution in [3.05, 3.63) is 59.1 Å². The first kappa shape index (κ1) is 20.8. The van der Waals surface area contributed by atoms with Crippen LogP contribution in [0.15, 0.2) is 62.6 Å². The Morgan fingerprint density at radius 3 is 2.48 bits per heavy atom. The summed E-state index contributed by atoms with van der Waals surface area (Å²) in [5, 5.41) is 2.73. The first-order valence-corrected chi connectivity index (χ1v) is 10.8. The molecule has 0 radical (unpaired) electrons. The lowest BCUT2D eigenvalue weighted by Gasteiger charge is -2.10. The third kappa shape index (κ3) is 5.12. The van der Waals surface area contributed by atoms with Gasteiger partial charge in [0.05, 0.1) is 10.4 Å². The third-order valence-corrected chi connectivity index (χ3v) is 5.87. The highest BCUT2D eigenvalue weighted by Gasteiger charge is 2.15. The number of carbonyl (C=O) groups excluding carboxylic acids is 1. The summed E-state index contributed by atoms with van der Waals surface area (Å²) < 4.78 is 33.4. The van der Waals surface area contributed by atoms with Crippen LogP contribution >= 0.6 is 0 Å². The Hall–Kier alpha value is -2.91. The second-order valence-corrected chi connectivity index (χ2v) is 8.65. The van der Waals surface area contributed by atoms with Gasteiger partial charge < -0.3 is 9.73 Å². The number of hydrogen-bond donors (Lipinski definition) is 2. The van der Waals surface area contributed by atoms with E-state index in [-0.39, 0.29) is 23.3 Å². The van der Waals surface area contributed by atoms with Crippen LogP contribution in [0.25, 0.3) is 11.1 Å². The van der Waals surface area contributed by atoms with Crippen LogP contribution in [-0.2, 0) is 21.4 Å². The van der Waals surface area contributed by atoms with Crippen molar-refractivity contribution < 1.29 is 17.6 Å². The van der Waals surface area contributed by atoms with Crippen molar-refractivity contribution >= 4 is 32.7 Å². The van der Waals surface area contributed by atoms with E-state index in [0.717, 1.165) is 0 Å². The molecule has 1 amide bonds. The van der Waals surface area contributed by atoms with Crippen LogP contribution < -0.4 is 15.8 Å². The van der Waals surface area contributed by atoms with Crippen LogP contribution in [0.2, 0.25) is 0 Å². The molecule has 0 aliphatic carbocycles. The van der Waals surface area contributed by atoms with E-state index in [1.807, 2.05) is 6.07 Å². The number of oxazole rings is 1. The number of sulfonamides is 1. The molecular weight excluding hydrogens is 394 g/mol. The molecule has 0 saturated carbocycles. The zero-order valence-electron chi connectivity index (χ0n) is 16.2. The molecule has 9 heteroatoms. The topological polar surface area (TPSA) is 110 Å². The van der Waals surface area contributed by atoms with Crippen molar-refractivity contribution in [2.75, 3.05) is 5.32 Å². The summed E-state index contributed by atoms with van der Waals surface area (Å²) in [7, 11) is -3.57. The maximum Gasteiger partial charge on any atom is 0.419 e. The van der Waals surface area contributed by atoms with Crippen molar-refractivity contribution in [1.82, 2.24) is 9.29 Å². The first-order chi connectivity index (χ1) is 13.8. The number of anilines is 1. The second kappa shape index (κ2) is 8.62. The minimum Gasteiger partial charge on any atom is -0.408 e. The van der Waals surface area contributed by atoms with Gasteiger partial charge in [0.2, 0.25) is 15.9 Å². The molecule has 0 aliphatic heterocycles. The highest BCUT2D eigenvalue weighted by molar-refractivity contribution is 7.89. The predicted octanol–water partition coefficient (Wildman–Crippen LogP) is 2.70. The zero-order valence-corrected chi connectivity index (χ0v) is 17.0. The molecular formula is C20H23N3O5S. The van der Waals surface area contributed by atoms with E-state index < -0.39 is 15.8 Å². The molecule has 0 bridgehead atoms. The van der Waals surface area contributed by atoms with Crippen LogP contribution in [0.3, 0.4) is 0 Å². The lowest BCUT2D eigenvalue weighted by Crippen LogP contribution is -2.30. The molecule has 0 aliphatic rings. The fourth-order valence-electron chi connectivity index (χ4n) is 2.94. The summed E-state index contributed by atoms with van der Waals surface area (Å²) >= 11 is 0. The molecule has 3 rings (SSSR count). The Bertz CT molecular complexity index is 1160. The van der Waals surface area contributed by atoms with Gasteiger partial charge in [-0.1, -0.05) is 12.1 Å².